The molecule has 0 radical (unpaired) electrons. The standard InChI is InChI=1S/C12H21NO/c1-4-12(6-7-12)13-8-5-11(14)9(2)10(13)3/h9-10H,4-8H2,1-3H3. The highest BCUT2D eigenvalue weighted by molar-refractivity contribution is 5.82. The Morgan fingerprint density at radius 1 is 1.43 bits per heavy atom. The molecule has 0 N–H and O–H groups in total. The molecule has 2 nitrogen and oxygen atoms in total. The van der Waals surface area contributed by atoms with Crippen molar-refractivity contribution in [3.05, 3.63) is 0 Å². The average Bonchev–Trinajstić information content (AvgIpc) is 2.95. The Bertz CT molecular complexity index is 245. The number of Topliss-reactive ketones (excluding diaryl/α,β-unsaturated/α-hetero) is 1. The van der Waals surface area contributed by atoms with Gasteiger partial charge in [0.2, 0.25) is 0 Å². The summed E-state index contributed by atoms with van der Waals surface area (Å²) in [5.74, 6) is 0.702. The van der Waals surface area contributed by atoms with Gasteiger partial charge in [0.25, 0.3) is 0 Å². The van der Waals surface area contributed by atoms with Crippen LogP contribution in [0.3, 0.4) is 0 Å². The average molecular weight is 195 g/mol. The van der Waals surface area contributed by atoms with Crippen LogP contribution in [0.25, 0.3) is 0 Å². The lowest BCUT2D eigenvalue weighted by Gasteiger charge is -2.42. The Morgan fingerprint density at radius 2 is 2.07 bits per heavy atom. The second-order valence-corrected chi connectivity index (χ2v) is 5.02. The molecule has 0 aromatic carbocycles. The van der Waals surface area contributed by atoms with Gasteiger partial charge < -0.3 is 0 Å². The van der Waals surface area contributed by atoms with Crippen molar-refractivity contribution in [3.8, 4) is 0 Å². The molecule has 2 aliphatic rings. The first-order valence-electron chi connectivity index (χ1n) is 5.90. The molecule has 0 aromatic rings. The molecule has 0 amide bonds. The molecule has 1 saturated heterocycles. The first-order valence-corrected chi connectivity index (χ1v) is 5.90. The fraction of sp³-hybridized carbons (Fsp3) is 0.917. The lowest BCUT2D eigenvalue weighted by atomic mass is 9.88. The third-order valence-electron chi connectivity index (χ3n) is 4.42. The van der Waals surface area contributed by atoms with Crippen LogP contribution >= 0.6 is 0 Å². The molecule has 1 aliphatic carbocycles. The van der Waals surface area contributed by atoms with Crippen molar-refractivity contribution in [2.24, 2.45) is 5.92 Å². The van der Waals surface area contributed by atoms with E-state index in [0.717, 1.165) is 13.0 Å². The maximum atomic E-state index is 11.6. The van der Waals surface area contributed by atoms with E-state index in [-0.39, 0.29) is 5.92 Å². The molecule has 2 unspecified atom stereocenters. The zero-order valence-electron chi connectivity index (χ0n) is 9.55. The summed E-state index contributed by atoms with van der Waals surface area (Å²) < 4.78 is 0. The van der Waals surface area contributed by atoms with E-state index >= 15 is 0 Å². The van der Waals surface area contributed by atoms with Gasteiger partial charge in [-0.2, -0.15) is 0 Å². The molecule has 1 saturated carbocycles. The summed E-state index contributed by atoms with van der Waals surface area (Å²) in [6, 6.07) is 0.457. The van der Waals surface area contributed by atoms with Crippen molar-refractivity contribution in [2.75, 3.05) is 6.54 Å². The minimum Gasteiger partial charge on any atom is -0.299 e. The summed E-state index contributed by atoms with van der Waals surface area (Å²) in [4.78, 5) is 14.2. The molecule has 1 aliphatic heterocycles. The van der Waals surface area contributed by atoms with E-state index in [9.17, 15) is 4.79 Å². The molecule has 0 bridgehead atoms. The minimum absolute atomic E-state index is 0.243. The maximum Gasteiger partial charge on any atom is 0.138 e. The number of ketones is 1. The largest absolute Gasteiger partial charge is 0.299 e. The summed E-state index contributed by atoms with van der Waals surface area (Å²) in [5.41, 5.74) is 0.481. The van der Waals surface area contributed by atoms with Gasteiger partial charge in [0.15, 0.2) is 0 Å². The molecular weight excluding hydrogens is 174 g/mol. The van der Waals surface area contributed by atoms with Crippen LogP contribution in [0.15, 0.2) is 0 Å². The van der Waals surface area contributed by atoms with Crippen LogP contribution < -0.4 is 0 Å². The predicted octanol–water partition coefficient (Wildman–Crippen LogP) is 2.23. The van der Waals surface area contributed by atoms with Crippen LogP contribution in [0.1, 0.15) is 46.5 Å². The van der Waals surface area contributed by atoms with Gasteiger partial charge in [0.1, 0.15) is 5.78 Å². The number of hydrogen-bond donors (Lipinski definition) is 0. The minimum atomic E-state index is 0.243. The van der Waals surface area contributed by atoms with E-state index in [1.807, 2.05) is 0 Å². The van der Waals surface area contributed by atoms with E-state index in [2.05, 4.69) is 25.7 Å². The normalized spacial score (nSPS) is 37.2. The van der Waals surface area contributed by atoms with Gasteiger partial charge in [0.05, 0.1) is 0 Å². The number of hydrogen-bond acceptors (Lipinski definition) is 2. The van der Waals surface area contributed by atoms with Crippen molar-refractivity contribution in [2.45, 2.75) is 58.0 Å². The zero-order chi connectivity index (χ0) is 10.3. The Balaban J connectivity index is 2.10. The molecular formula is C12H21NO. The first kappa shape index (κ1) is 10.2. The molecule has 2 heteroatoms. The summed E-state index contributed by atoms with van der Waals surface area (Å²) >= 11 is 0. The van der Waals surface area contributed by atoms with Gasteiger partial charge in [-0.25, -0.2) is 0 Å². The molecule has 0 spiro atoms. The molecule has 2 rings (SSSR count). The highest BCUT2D eigenvalue weighted by Gasteiger charge is 2.50. The number of likely N-dealkylation sites (tertiary alicyclic amines) is 1. The zero-order valence-corrected chi connectivity index (χ0v) is 9.55. The third-order valence-corrected chi connectivity index (χ3v) is 4.42. The van der Waals surface area contributed by atoms with E-state index in [4.69, 9.17) is 0 Å². The SMILES string of the molecule is CCC1(N2CCC(=O)C(C)C2C)CC1. The molecule has 1 heterocycles. The number of nitrogens with zero attached hydrogens (tertiary/aromatic N) is 1. The van der Waals surface area contributed by atoms with Crippen LogP contribution in [0.2, 0.25) is 0 Å². The lowest BCUT2D eigenvalue weighted by molar-refractivity contribution is -0.129. The van der Waals surface area contributed by atoms with Crippen LogP contribution in [-0.2, 0) is 4.79 Å². The van der Waals surface area contributed by atoms with Crippen molar-refractivity contribution >= 4 is 5.78 Å². The van der Waals surface area contributed by atoms with Crippen LogP contribution in [0.4, 0.5) is 0 Å². The van der Waals surface area contributed by atoms with Gasteiger partial charge in [-0.05, 0) is 26.2 Å². The highest BCUT2D eigenvalue weighted by Crippen LogP contribution is 2.47. The van der Waals surface area contributed by atoms with Gasteiger partial charge in [0, 0.05) is 30.5 Å². The van der Waals surface area contributed by atoms with E-state index in [1.165, 1.54) is 19.3 Å². The first-order chi connectivity index (χ1) is 6.60. The topological polar surface area (TPSA) is 20.3 Å². The summed E-state index contributed by atoms with van der Waals surface area (Å²) in [6.07, 6.45) is 4.70. The Kier molecular flexibility index (Phi) is 2.42. The molecule has 80 valence electrons. The van der Waals surface area contributed by atoms with E-state index in [1.54, 1.807) is 0 Å². The van der Waals surface area contributed by atoms with Crippen LogP contribution in [-0.4, -0.2) is 28.8 Å². The Morgan fingerprint density at radius 3 is 2.57 bits per heavy atom. The predicted molar refractivity (Wildman–Crippen MR) is 57.2 cm³/mol. The van der Waals surface area contributed by atoms with Gasteiger partial charge >= 0.3 is 0 Å². The van der Waals surface area contributed by atoms with Crippen molar-refractivity contribution in [1.82, 2.24) is 4.90 Å². The third kappa shape index (κ3) is 1.40. The van der Waals surface area contributed by atoms with Gasteiger partial charge in [-0.1, -0.05) is 13.8 Å². The van der Waals surface area contributed by atoms with Gasteiger partial charge in [-0.15, -0.1) is 0 Å². The lowest BCUT2D eigenvalue weighted by Crippen LogP contribution is -2.52. The smallest absolute Gasteiger partial charge is 0.138 e. The molecule has 14 heavy (non-hydrogen) atoms. The fourth-order valence-corrected chi connectivity index (χ4v) is 2.86. The van der Waals surface area contributed by atoms with E-state index in [0.29, 0.717) is 17.4 Å². The summed E-state index contributed by atoms with van der Waals surface area (Å²) in [7, 11) is 0. The van der Waals surface area contributed by atoms with Gasteiger partial charge in [-0.3, -0.25) is 9.69 Å². The molecule has 2 fully saturated rings. The molecule has 0 aromatic heterocycles. The van der Waals surface area contributed by atoms with Crippen molar-refractivity contribution < 1.29 is 4.79 Å². The van der Waals surface area contributed by atoms with Crippen LogP contribution in [0, 0.1) is 5.92 Å². The number of carbonyl (C=O) groups is 1. The quantitative estimate of drug-likeness (QED) is 0.673. The monoisotopic (exact) mass is 195 g/mol. The number of rotatable bonds is 2. The summed E-state index contributed by atoms with van der Waals surface area (Å²) in [6.45, 7) is 7.58. The van der Waals surface area contributed by atoms with Crippen molar-refractivity contribution in [3.63, 3.8) is 0 Å². The number of piperidine rings is 1. The second kappa shape index (κ2) is 3.34. The maximum absolute atomic E-state index is 11.6. The Hall–Kier alpha value is -0.370. The van der Waals surface area contributed by atoms with E-state index < -0.39 is 0 Å². The second-order valence-electron chi connectivity index (χ2n) is 5.02. The summed E-state index contributed by atoms with van der Waals surface area (Å²) in [5, 5.41) is 0. The van der Waals surface area contributed by atoms with Crippen molar-refractivity contribution in [1.29, 1.82) is 0 Å². The Labute approximate surface area is 86.7 Å². The fourth-order valence-electron chi connectivity index (χ4n) is 2.86. The number of carbonyl (C=O) groups excluding carboxylic acids is 1. The van der Waals surface area contributed by atoms with Crippen LogP contribution in [0.5, 0.6) is 0 Å². The highest BCUT2D eigenvalue weighted by atomic mass is 16.1. The molecule has 2 atom stereocenters.